The third-order valence-electron chi connectivity index (χ3n) is 4.70. The zero-order chi connectivity index (χ0) is 31.4. The number of esters is 1. The molecule has 22 heteroatoms. The zero-order valence-electron chi connectivity index (χ0n) is 17.6. The maximum absolute atomic E-state index is 13.8. The second kappa shape index (κ2) is 9.79. The minimum atomic E-state index is -9.11. The van der Waals surface area contributed by atoms with Gasteiger partial charge in [-0.15, -0.1) is 0 Å². The molecule has 1 atom stereocenters. The van der Waals surface area contributed by atoms with E-state index in [0.717, 1.165) is 0 Å². The van der Waals surface area contributed by atoms with Crippen molar-refractivity contribution in [1.82, 2.24) is 0 Å². The molecule has 0 aromatic rings. The number of aliphatic hydroxyl groups excluding tert-OH is 1. The van der Waals surface area contributed by atoms with Gasteiger partial charge in [-0.25, -0.2) is 9.18 Å². The predicted octanol–water partition coefficient (Wildman–Crippen LogP) is 6.50. The third-order valence-corrected chi connectivity index (χ3v) is 4.70. The normalized spacial score (nSPS) is 16.3. The van der Waals surface area contributed by atoms with E-state index in [0.29, 0.717) is 7.11 Å². The molecule has 0 bridgehead atoms. The van der Waals surface area contributed by atoms with Gasteiger partial charge < -0.3 is 9.84 Å². The number of carbonyl (C=O) groups is 1. The van der Waals surface area contributed by atoms with Gasteiger partial charge in [-0.2, -0.15) is 79.0 Å². The molecule has 226 valence electrons. The van der Waals surface area contributed by atoms with E-state index in [9.17, 15) is 93.3 Å². The molecule has 1 N–H and O–H groups in total. The molecule has 1 unspecified atom stereocenters. The number of ether oxygens (including phenoxy) is 1. The summed E-state index contributed by atoms with van der Waals surface area (Å²) in [4.78, 5) is 11.0. The van der Waals surface area contributed by atoms with Gasteiger partial charge in [0.1, 0.15) is 0 Å². The number of aliphatic hydroxyl groups is 1. The topological polar surface area (TPSA) is 46.5 Å². The lowest BCUT2D eigenvalue weighted by Crippen LogP contribution is -2.77. The van der Waals surface area contributed by atoms with Gasteiger partial charge in [0.15, 0.2) is 0 Å². The molecule has 0 aliphatic rings. The summed E-state index contributed by atoms with van der Waals surface area (Å²) < 4.78 is 256. The molecule has 0 spiro atoms. The van der Waals surface area contributed by atoms with Crippen LogP contribution in [0.5, 0.6) is 0 Å². The molecule has 0 heterocycles. The van der Waals surface area contributed by atoms with Crippen LogP contribution in [0, 0.1) is 0 Å². The van der Waals surface area contributed by atoms with E-state index < -0.39 is 84.0 Å². The van der Waals surface area contributed by atoms with E-state index in [4.69, 9.17) is 0 Å². The largest absolute Gasteiger partial charge is 0.466 e. The Morgan fingerprint density at radius 1 is 0.658 bits per heavy atom. The van der Waals surface area contributed by atoms with Crippen molar-refractivity contribution in [3.05, 3.63) is 12.2 Å². The number of hydrogen-bond donors (Lipinski definition) is 1. The number of halogens is 19. The number of rotatable bonds is 11. The van der Waals surface area contributed by atoms with E-state index in [2.05, 4.69) is 11.3 Å². The van der Waals surface area contributed by atoms with Crippen LogP contribution in [0.1, 0.15) is 12.8 Å². The van der Waals surface area contributed by atoms with Crippen molar-refractivity contribution >= 4 is 5.97 Å². The molecule has 0 radical (unpaired) electrons. The average molecular weight is 612 g/mol. The highest BCUT2D eigenvalue weighted by molar-refractivity contribution is 5.87. The van der Waals surface area contributed by atoms with Crippen LogP contribution in [0.15, 0.2) is 12.2 Å². The van der Waals surface area contributed by atoms with Crippen LogP contribution in [-0.2, 0) is 9.53 Å². The van der Waals surface area contributed by atoms with Crippen LogP contribution in [0.4, 0.5) is 83.4 Å². The van der Waals surface area contributed by atoms with E-state index >= 15 is 0 Å². The molecular weight excluding hydrogens is 601 g/mol. The summed E-state index contributed by atoms with van der Waals surface area (Å²) in [5.74, 6) is -52.4. The first kappa shape index (κ1) is 35.8. The highest BCUT2D eigenvalue weighted by atomic mass is 19.4. The van der Waals surface area contributed by atoms with Crippen molar-refractivity contribution in [2.75, 3.05) is 7.11 Å². The van der Waals surface area contributed by atoms with Crippen molar-refractivity contribution in [1.29, 1.82) is 0 Å². The van der Waals surface area contributed by atoms with Gasteiger partial charge in [-0.05, 0) is 0 Å². The van der Waals surface area contributed by atoms with Crippen LogP contribution >= 0.6 is 0 Å². The Labute approximate surface area is 197 Å². The molecule has 0 amide bonds. The van der Waals surface area contributed by atoms with E-state index in [1.165, 1.54) is 0 Å². The van der Waals surface area contributed by atoms with Gasteiger partial charge >= 0.3 is 59.5 Å². The zero-order valence-corrected chi connectivity index (χ0v) is 17.6. The molecule has 3 nitrogen and oxygen atoms in total. The lowest BCUT2D eigenvalue weighted by molar-refractivity contribution is -0.472. The van der Waals surface area contributed by atoms with Crippen molar-refractivity contribution < 1.29 is 98.1 Å². The quantitative estimate of drug-likeness (QED) is 0.165. The van der Waals surface area contributed by atoms with Crippen LogP contribution in [0.2, 0.25) is 0 Å². The molecule has 0 saturated carbocycles. The molecule has 0 fully saturated rings. The smallest absolute Gasteiger partial charge is 0.438 e. The first-order chi connectivity index (χ1) is 16.3. The number of methoxy groups -OCH3 is 1. The fraction of sp³-hybridized carbons (Fsp3) is 0.812. The SMILES string of the molecule is C=C(CC(O)CC(F)(F)C(F)(F)C(F)(F)C(F)(F)C(F)(F)C(F)(F)C(F)(C(F)(F)F)C(F)(F)F)C(=O)OC. The Morgan fingerprint density at radius 2 is 0.974 bits per heavy atom. The summed E-state index contributed by atoms with van der Waals surface area (Å²) in [7, 11) is 0.602. The van der Waals surface area contributed by atoms with Crippen LogP contribution in [0.25, 0.3) is 0 Å². The van der Waals surface area contributed by atoms with Crippen LogP contribution < -0.4 is 0 Å². The van der Waals surface area contributed by atoms with Gasteiger partial charge in [0.05, 0.1) is 13.2 Å². The fourth-order valence-electron chi connectivity index (χ4n) is 2.56. The van der Waals surface area contributed by atoms with Gasteiger partial charge in [-0.3, -0.25) is 0 Å². The summed E-state index contributed by atoms with van der Waals surface area (Å²) >= 11 is 0. The Bertz CT molecular complexity index is 871. The third kappa shape index (κ3) is 5.07. The summed E-state index contributed by atoms with van der Waals surface area (Å²) in [6.07, 6.45) is -24.6. The Morgan fingerprint density at radius 3 is 1.29 bits per heavy atom. The second-order valence-corrected chi connectivity index (χ2v) is 7.39. The van der Waals surface area contributed by atoms with Gasteiger partial charge in [0.2, 0.25) is 0 Å². The molecule has 0 aliphatic carbocycles. The Hall–Kier alpha value is -2.16. The van der Waals surface area contributed by atoms with Crippen molar-refractivity contribution in [2.45, 2.75) is 72.5 Å². The molecule has 0 rings (SSSR count). The summed E-state index contributed by atoms with van der Waals surface area (Å²) in [5.41, 5.74) is -9.88. The lowest BCUT2D eigenvalue weighted by Gasteiger charge is -2.45. The maximum atomic E-state index is 13.8. The summed E-state index contributed by atoms with van der Waals surface area (Å²) in [6.45, 7) is 2.73. The fourth-order valence-corrected chi connectivity index (χ4v) is 2.56. The van der Waals surface area contributed by atoms with Gasteiger partial charge in [0.25, 0.3) is 0 Å². The Kier molecular flexibility index (Phi) is 9.23. The van der Waals surface area contributed by atoms with Crippen molar-refractivity contribution in [3.63, 3.8) is 0 Å². The van der Waals surface area contributed by atoms with E-state index in [-0.39, 0.29) is 0 Å². The van der Waals surface area contributed by atoms with Crippen molar-refractivity contribution in [3.8, 4) is 0 Å². The van der Waals surface area contributed by atoms with E-state index in [1.54, 1.807) is 0 Å². The molecule has 0 aromatic carbocycles. The summed E-state index contributed by atoms with van der Waals surface area (Å²) in [6, 6.07) is 0. The highest BCUT2D eigenvalue weighted by Gasteiger charge is 2.98. The molecule has 38 heavy (non-hydrogen) atoms. The van der Waals surface area contributed by atoms with Gasteiger partial charge in [0, 0.05) is 18.4 Å². The monoisotopic (exact) mass is 612 g/mol. The van der Waals surface area contributed by atoms with Crippen LogP contribution in [0.3, 0.4) is 0 Å². The number of hydrogen-bond acceptors (Lipinski definition) is 3. The Balaban J connectivity index is 6.78. The second-order valence-electron chi connectivity index (χ2n) is 7.39. The minimum absolute atomic E-state index is 0.602. The minimum Gasteiger partial charge on any atom is -0.466 e. The lowest BCUT2D eigenvalue weighted by atomic mass is 9.83. The first-order valence-corrected chi connectivity index (χ1v) is 8.79. The molecule has 0 saturated heterocycles. The number of carbonyl (C=O) groups excluding carboxylic acids is 1. The van der Waals surface area contributed by atoms with E-state index in [1.807, 2.05) is 0 Å². The maximum Gasteiger partial charge on any atom is 0.438 e. The highest BCUT2D eigenvalue weighted by Crippen LogP contribution is 2.66. The predicted molar refractivity (Wildman–Crippen MR) is 82.0 cm³/mol. The summed E-state index contributed by atoms with van der Waals surface area (Å²) in [5, 5.41) is 9.22. The standard InChI is InChI=1S/C16H11F19O3/c1-5(7(37)38-2)3-6(36)4-8(17,18)10(20,21)12(24,25)14(28,29)13(26,27)11(22,23)9(19,15(30,31)32)16(33,34)35/h6,36H,1,3-4H2,2H3. The molecule has 0 aliphatic heterocycles. The number of alkyl halides is 19. The molecular formula is C16H11F19O3. The first-order valence-electron chi connectivity index (χ1n) is 8.79. The average Bonchev–Trinajstić information content (AvgIpc) is 2.69. The van der Waals surface area contributed by atoms with Gasteiger partial charge in [-0.1, -0.05) is 6.58 Å². The van der Waals surface area contributed by atoms with Crippen LogP contribution in [-0.4, -0.2) is 77.8 Å². The van der Waals surface area contributed by atoms with Crippen molar-refractivity contribution in [2.24, 2.45) is 0 Å². The molecule has 0 aromatic heterocycles.